The first-order valence-corrected chi connectivity index (χ1v) is 10.1. The van der Waals surface area contributed by atoms with Gasteiger partial charge in [-0.1, -0.05) is 20.8 Å². The molecule has 5 atom stereocenters. The van der Waals surface area contributed by atoms with Crippen LogP contribution < -0.4 is 5.32 Å². The quantitative estimate of drug-likeness (QED) is 0.811. The summed E-state index contributed by atoms with van der Waals surface area (Å²) in [4.78, 5) is 0. The van der Waals surface area contributed by atoms with Gasteiger partial charge in [0.2, 0.25) is 0 Å². The molecule has 0 aromatic rings. The summed E-state index contributed by atoms with van der Waals surface area (Å²) >= 11 is 0. The maximum absolute atomic E-state index is 14.6. The van der Waals surface area contributed by atoms with Crippen LogP contribution in [0.3, 0.4) is 0 Å². The van der Waals surface area contributed by atoms with Crippen LogP contribution >= 0.6 is 0 Å². The second-order valence-corrected chi connectivity index (χ2v) is 11.8. The molecular formula is C14H30FNO3Si. The van der Waals surface area contributed by atoms with Crippen molar-refractivity contribution in [3.05, 3.63) is 0 Å². The van der Waals surface area contributed by atoms with Gasteiger partial charge in [-0.05, 0) is 32.1 Å². The fraction of sp³-hybridized carbons (Fsp3) is 1.00. The minimum Gasteiger partial charge on any atom is -0.409 e. The van der Waals surface area contributed by atoms with Gasteiger partial charge < -0.3 is 19.2 Å². The standard InChI is InChI=1S/C14H30FNO3Si/c1-9-11(16-5)12(10(15)13(17-6)18-9)19-20(7,8)14(2,3)4/h9-13,16H,1-8H3. The third kappa shape index (κ3) is 3.60. The van der Waals surface area contributed by atoms with E-state index in [9.17, 15) is 4.39 Å². The summed E-state index contributed by atoms with van der Waals surface area (Å²) in [6.45, 7) is 12.6. The molecule has 6 heteroatoms. The highest BCUT2D eigenvalue weighted by Gasteiger charge is 2.49. The number of alkyl halides is 1. The molecule has 5 unspecified atom stereocenters. The molecule has 1 rings (SSSR count). The Morgan fingerprint density at radius 1 is 1.25 bits per heavy atom. The van der Waals surface area contributed by atoms with Crippen molar-refractivity contribution >= 4 is 8.32 Å². The van der Waals surface area contributed by atoms with Crippen LogP contribution in [-0.4, -0.2) is 53.2 Å². The molecule has 0 bridgehead atoms. The Hall–Kier alpha value is -0.0131. The number of rotatable bonds is 4. The van der Waals surface area contributed by atoms with Crippen molar-refractivity contribution in [3.63, 3.8) is 0 Å². The van der Waals surface area contributed by atoms with E-state index in [4.69, 9.17) is 13.9 Å². The summed E-state index contributed by atoms with van der Waals surface area (Å²) < 4.78 is 31.6. The molecule has 1 saturated heterocycles. The third-order valence-corrected chi connectivity index (χ3v) is 9.06. The largest absolute Gasteiger partial charge is 0.409 e. The van der Waals surface area contributed by atoms with Gasteiger partial charge >= 0.3 is 0 Å². The van der Waals surface area contributed by atoms with Crippen molar-refractivity contribution < 1.29 is 18.3 Å². The summed E-state index contributed by atoms with van der Waals surface area (Å²) in [6.07, 6.45) is -2.85. The third-order valence-electron chi connectivity index (χ3n) is 4.58. The Kier molecular flexibility index (Phi) is 5.77. The predicted molar refractivity (Wildman–Crippen MR) is 81.2 cm³/mol. The number of likely N-dealkylation sites (N-methyl/N-ethyl adjacent to an activating group) is 1. The number of hydrogen-bond acceptors (Lipinski definition) is 4. The highest BCUT2D eigenvalue weighted by molar-refractivity contribution is 6.74. The molecule has 4 nitrogen and oxygen atoms in total. The first-order valence-electron chi connectivity index (χ1n) is 7.22. The lowest BCUT2D eigenvalue weighted by Gasteiger charge is -2.47. The lowest BCUT2D eigenvalue weighted by atomic mass is 9.98. The van der Waals surface area contributed by atoms with Crippen LogP contribution in [0.1, 0.15) is 27.7 Å². The van der Waals surface area contributed by atoms with E-state index in [1.807, 2.05) is 14.0 Å². The van der Waals surface area contributed by atoms with Gasteiger partial charge in [0.15, 0.2) is 20.8 Å². The first-order chi connectivity index (χ1) is 9.05. The fourth-order valence-corrected chi connectivity index (χ4v) is 3.54. The zero-order chi connectivity index (χ0) is 15.7. The number of halogens is 1. The molecule has 20 heavy (non-hydrogen) atoms. The summed E-state index contributed by atoms with van der Waals surface area (Å²) in [7, 11) is 1.22. The van der Waals surface area contributed by atoms with Crippen LogP contribution in [0.4, 0.5) is 4.39 Å². The maximum atomic E-state index is 14.6. The molecule has 1 heterocycles. The van der Waals surface area contributed by atoms with E-state index in [1.165, 1.54) is 7.11 Å². The molecule has 1 aliphatic rings. The normalized spacial score (nSPS) is 36.1. The minimum atomic E-state index is -2.06. The number of methoxy groups -OCH3 is 1. The highest BCUT2D eigenvalue weighted by Crippen LogP contribution is 2.39. The lowest BCUT2D eigenvalue weighted by Crippen LogP contribution is -2.64. The zero-order valence-corrected chi connectivity index (χ0v) is 15.0. The van der Waals surface area contributed by atoms with Gasteiger partial charge in [-0.15, -0.1) is 0 Å². The molecule has 0 saturated carbocycles. The van der Waals surface area contributed by atoms with E-state index in [1.54, 1.807) is 0 Å². The van der Waals surface area contributed by atoms with Crippen molar-refractivity contribution in [1.82, 2.24) is 5.32 Å². The molecule has 1 N–H and O–H groups in total. The lowest BCUT2D eigenvalue weighted by molar-refractivity contribution is -0.243. The van der Waals surface area contributed by atoms with Crippen LogP contribution in [-0.2, 0) is 13.9 Å². The minimum absolute atomic E-state index is 0.0368. The average Bonchev–Trinajstić information content (AvgIpc) is 2.32. The van der Waals surface area contributed by atoms with Gasteiger partial charge in [-0.25, -0.2) is 4.39 Å². The zero-order valence-electron chi connectivity index (χ0n) is 14.0. The molecule has 1 fully saturated rings. The number of ether oxygens (including phenoxy) is 2. The van der Waals surface area contributed by atoms with Crippen LogP contribution in [0, 0.1) is 0 Å². The molecule has 1 aliphatic heterocycles. The van der Waals surface area contributed by atoms with Gasteiger partial charge in [0.25, 0.3) is 0 Å². The Morgan fingerprint density at radius 3 is 2.20 bits per heavy atom. The molecule has 0 aromatic heterocycles. The molecule has 0 spiro atoms. The van der Waals surface area contributed by atoms with Crippen LogP contribution in [0.2, 0.25) is 18.1 Å². The maximum Gasteiger partial charge on any atom is 0.192 e. The monoisotopic (exact) mass is 307 g/mol. The first kappa shape index (κ1) is 18.0. The molecule has 120 valence electrons. The SMILES string of the molecule is CNC1C(C)OC(OC)C(F)C1O[Si](C)(C)C(C)(C)C. The van der Waals surface area contributed by atoms with E-state index >= 15 is 0 Å². The summed E-state index contributed by atoms with van der Waals surface area (Å²) in [5, 5.41) is 3.17. The summed E-state index contributed by atoms with van der Waals surface area (Å²) in [5.74, 6) is 0. The number of hydrogen-bond donors (Lipinski definition) is 1. The second-order valence-electron chi connectivity index (χ2n) is 7.05. The predicted octanol–water partition coefficient (Wildman–Crippen LogP) is 2.69. The molecule has 0 aromatic carbocycles. The van der Waals surface area contributed by atoms with E-state index in [-0.39, 0.29) is 17.2 Å². The van der Waals surface area contributed by atoms with Gasteiger partial charge in [-0.3, -0.25) is 0 Å². The molecule has 0 radical (unpaired) electrons. The van der Waals surface area contributed by atoms with Gasteiger partial charge in [0.05, 0.1) is 18.2 Å². The van der Waals surface area contributed by atoms with Crippen molar-refractivity contribution in [2.24, 2.45) is 0 Å². The second kappa shape index (κ2) is 6.40. The summed E-state index contributed by atoms with van der Waals surface area (Å²) in [6, 6.07) is -0.175. The van der Waals surface area contributed by atoms with Crippen molar-refractivity contribution in [1.29, 1.82) is 0 Å². The van der Waals surface area contributed by atoms with Crippen molar-refractivity contribution in [2.45, 2.75) is 76.5 Å². The Labute approximate surface area is 123 Å². The Bertz CT molecular complexity index is 322. The van der Waals surface area contributed by atoms with Gasteiger partial charge in [0, 0.05) is 7.11 Å². The van der Waals surface area contributed by atoms with Crippen molar-refractivity contribution in [3.8, 4) is 0 Å². The van der Waals surface area contributed by atoms with E-state index in [0.29, 0.717) is 0 Å². The van der Waals surface area contributed by atoms with Crippen molar-refractivity contribution in [2.75, 3.05) is 14.2 Å². The van der Waals surface area contributed by atoms with Crippen LogP contribution in [0.5, 0.6) is 0 Å². The molecule has 0 aliphatic carbocycles. The van der Waals surface area contributed by atoms with E-state index in [0.717, 1.165) is 0 Å². The fourth-order valence-electron chi connectivity index (χ4n) is 2.23. The molecule has 0 amide bonds. The Balaban J connectivity index is 2.97. The van der Waals surface area contributed by atoms with Crippen LogP contribution in [0.15, 0.2) is 0 Å². The topological polar surface area (TPSA) is 39.7 Å². The highest BCUT2D eigenvalue weighted by atomic mass is 28.4. The number of nitrogens with one attached hydrogen (secondary N) is 1. The average molecular weight is 307 g/mol. The van der Waals surface area contributed by atoms with Crippen LogP contribution in [0.25, 0.3) is 0 Å². The summed E-state index contributed by atoms with van der Waals surface area (Å²) in [5.41, 5.74) is 0. The van der Waals surface area contributed by atoms with Gasteiger partial charge in [-0.2, -0.15) is 0 Å². The van der Waals surface area contributed by atoms with Gasteiger partial charge in [0.1, 0.15) is 0 Å². The molecular weight excluding hydrogens is 277 g/mol. The van der Waals surface area contributed by atoms with E-state index < -0.39 is 26.9 Å². The smallest absolute Gasteiger partial charge is 0.192 e. The Morgan fingerprint density at radius 2 is 1.80 bits per heavy atom. The van der Waals surface area contributed by atoms with E-state index in [2.05, 4.69) is 39.2 Å².